The Morgan fingerprint density at radius 3 is 2.30 bits per heavy atom. The third-order valence-corrected chi connectivity index (χ3v) is 6.17. The normalized spacial score (nSPS) is 16.1. The van der Waals surface area contributed by atoms with Crippen LogP contribution in [0.25, 0.3) is 6.08 Å². The fraction of sp³-hybridized carbons (Fsp3) is 0.250. The van der Waals surface area contributed by atoms with Gasteiger partial charge in [-0.05, 0) is 42.8 Å². The number of anilines is 1. The van der Waals surface area contributed by atoms with Gasteiger partial charge in [-0.3, -0.25) is 4.79 Å². The second-order valence-corrected chi connectivity index (χ2v) is 8.17. The van der Waals surface area contributed by atoms with Crippen LogP contribution in [0.1, 0.15) is 12.5 Å². The molecule has 1 aliphatic rings. The van der Waals surface area contributed by atoms with Crippen LogP contribution in [-0.4, -0.2) is 44.9 Å². The lowest BCUT2D eigenvalue weighted by molar-refractivity contribution is -0.112. The standard InChI is InChI=1S/C20H22N2O4S/c1-16(15-17-5-3-2-4-6-17)20(23)21-18-7-9-19(10-8-18)27(24,25)22-11-13-26-14-12-22/h2-10,15H,11-14H2,1H3,(H,21,23). The Morgan fingerprint density at radius 1 is 1.04 bits per heavy atom. The highest BCUT2D eigenvalue weighted by Gasteiger charge is 2.26. The smallest absolute Gasteiger partial charge is 0.251 e. The molecule has 2 aromatic carbocycles. The molecule has 27 heavy (non-hydrogen) atoms. The van der Waals surface area contributed by atoms with Crippen LogP contribution in [0.5, 0.6) is 0 Å². The molecule has 0 unspecified atom stereocenters. The van der Waals surface area contributed by atoms with E-state index in [0.717, 1.165) is 5.56 Å². The van der Waals surface area contributed by atoms with Gasteiger partial charge in [0, 0.05) is 24.4 Å². The van der Waals surface area contributed by atoms with Gasteiger partial charge >= 0.3 is 0 Å². The molecule has 1 aliphatic heterocycles. The van der Waals surface area contributed by atoms with Gasteiger partial charge in [-0.1, -0.05) is 30.3 Å². The highest BCUT2D eigenvalue weighted by molar-refractivity contribution is 7.89. The molecule has 142 valence electrons. The molecule has 1 heterocycles. The van der Waals surface area contributed by atoms with Crippen molar-refractivity contribution >= 4 is 27.7 Å². The van der Waals surface area contributed by atoms with Gasteiger partial charge in [-0.15, -0.1) is 0 Å². The molecule has 0 saturated carbocycles. The average molecular weight is 386 g/mol. The lowest BCUT2D eigenvalue weighted by atomic mass is 10.1. The van der Waals surface area contributed by atoms with Crippen molar-refractivity contribution in [2.75, 3.05) is 31.6 Å². The number of sulfonamides is 1. The second kappa shape index (κ2) is 8.47. The van der Waals surface area contributed by atoms with Crippen LogP contribution in [-0.2, 0) is 19.6 Å². The molecule has 1 saturated heterocycles. The monoisotopic (exact) mass is 386 g/mol. The first-order valence-corrected chi connectivity index (χ1v) is 10.1. The molecule has 3 rings (SSSR count). The molecular formula is C20H22N2O4S. The third kappa shape index (κ3) is 4.82. The molecule has 1 amide bonds. The largest absolute Gasteiger partial charge is 0.379 e. The van der Waals surface area contributed by atoms with Gasteiger partial charge in [-0.2, -0.15) is 4.31 Å². The summed E-state index contributed by atoms with van der Waals surface area (Å²) in [5.41, 5.74) is 2.05. The highest BCUT2D eigenvalue weighted by atomic mass is 32.2. The van der Waals surface area contributed by atoms with Gasteiger partial charge in [0.05, 0.1) is 18.1 Å². The Bertz CT molecular complexity index is 916. The van der Waals surface area contributed by atoms with E-state index < -0.39 is 10.0 Å². The summed E-state index contributed by atoms with van der Waals surface area (Å²) in [6.45, 7) is 3.25. The van der Waals surface area contributed by atoms with Crippen LogP contribution in [0.15, 0.2) is 65.1 Å². The van der Waals surface area contributed by atoms with Crippen LogP contribution < -0.4 is 5.32 Å². The van der Waals surface area contributed by atoms with Crippen LogP contribution in [0, 0.1) is 0 Å². The predicted molar refractivity (Wildman–Crippen MR) is 105 cm³/mol. The Balaban J connectivity index is 1.68. The summed E-state index contributed by atoms with van der Waals surface area (Å²) < 4.78 is 31.8. The summed E-state index contributed by atoms with van der Waals surface area (Å²) in [5.74, 6) is -0.234. The lowest BCUT2D eigenvalue weighted by Gasteiger charge is -2.26. The third-order valence-electron chi connectivity index (χ3n) is 4.26. The first-order chi connectivity index (χ1) is 13.0. The summed E-state index contributed by atoms with van der Waals surface area (Å²) in [4.78, 5) is 12.5. The van der Waals surface area contributed by atoms with Crippen molar-refractivity contribution in [3.8, 4) is 0 Å². The molecule has 6 nitrogen and oxygen atoms in total. The van der Waals surface area contributed by atoms with Gasteiger partial charge in [-0.25, -0.2) is 8.42 Å². The summed E-state index contributed by atoms with van der Waals surface area (Å²) in [7, 11) is -3.54. The summed E-state index contributed by atoms with van der Waals surface area (Å²) in [5, 5.41) is 2.78. The minimum Gasteiger partial charge on any atom is -0.379 e. The zero-order chi connectivity index (χ0) is 19.3. The maximum Gasteiger partial charge on any atom is 0.251 e. The number of morpholine rings is 1. The fourth-order valence-electron chi connectivity index (χ4n) is 2.74. The maximum absolute atomic E-state index is 12.6. The van der Waals surface area contributed by atoms with E-state index in [1.165, 1.54) is 16.4 Å². The van der Waals surface area contributed by atoms with E-state index in [9.17, 15) is 13.2 Å². The van der Waals surface area contributed by atoms with E-state index in [4.69, 9.17) is 4.74 Å². The van der Waals surface area contributed by atoms with Gasteiger partial charge in [0.15, 0.2) is 0 Å². The number of nitrogens with one attached hydrogen (secondary N) is 1. The molecule has 1 fully saturated rings. The fourth-order valence-corrected chi connectivity index (χ4v) is 4.15. The number of ether oxygens (including phenoxy) is 1. The minimum absolute atomic E-state index is 0.207. The Hall–Kier alpha value is -2.48. The number of benzene rings is 2. The molecule has 7 heteroatoms. The SMILES string of the molecule is CC(=Cc1ccccc1)C(=O)Nc1ccc(S(=O)(=O)N2CCOCC2)cc1. The average Bonchev–Trinajstić information content (AvgIpc) is 2.70. The van der Waals surface area contributed by atoms with Crippen LogP contribution in [0.4, 0.5) is 5.69 Å². The molecule has 0 spiro atoms. The zero-order valence-corrected chi connectivity index (χ0v) is 15.9. The van der Waals surface area contributed by atoms with Gasteiger partial charge in [0.25, 0.3) is 5.91 Å². The number of carbonyl (C=O) groups excluding carboxylic acids is 1. The second-order valence-electron chi connectivity index (χ2n) is 6.23. The molecule has 0 bridgehead atoms. The van der Waals surface area contributed by atoms with Gasteiger partial charge < -0.3 is 10.1 Å². The number of hydrogen-bond acceptors (Lipinski definition) is 4. The van der Waals surface area contributed by atoms with Crippen molar-refractivity contribution in [1.29, 1.82) is 0 Å². The van der Waals surface area contributed by atoms with E-state index in [-0.39, 0.29) is 10.8 Å². The van der Waals surface area contributed by atoms with Crippen molar-refractivity contribution in [2.45, 2.75) is 11.8 Å². The van der Waals surface area contributed by atoms with E-state index >= 15 is 0 Å². The molecule has 1 N–H and O–H groups in total. The van der Waals surface area contributed by atoms with Crippen LogP contribution >= 0.6 is 0 Å². The summed E-state index contributed by atoms with van der Waals surface area (Å²) in [6.07, 6.45) is 1.80. The lowest BCUT2D eigenvalue weighted by Crippen LogP contribution is -2.40. The summed E-state index contributed by atoms with van der Waals surface area (Å²) >= 11 is 0. The van der Waals surface area contributed by atoms with Crippen molar-refractivity contribution < 1.29 is 17.9 Å². The Morgan fingerprint density at radius 2 is 1.67 bits per heavy atom. The first-order valence-electron chi connectivity index (χ1n) is 8.69. The van der Waals surface area contributed by atoms with E-state index in [1.54, 1.807) is 25.1 Å². The van der Waals surface area contributed by atoms with Crippen LogP contribution in [0.3, 0.4) is 0 Å². The quantitative estimate of drug-likeness (QED) is 0.802. The number of rotatable bonds is 5. The van der Waals surface area contributed by atoms with Crippen LogP contribution in [0.2, 0.25) is 0 Å². The van der Waals surface area contributed by atoms with Crippen molar-refractivity contribution in [1.82, 2.24) is 4.31 Å². The Labute approximate surface area is 159 Å². The minimum atomic E-state index is -3.54. The molecule has 2 aromatic rings. The van der Waals surface area contributed by atoms with E-state index in [2.05, 4.69) is 5.32 Å². The van der Waals surface area contributed by atoms with Gasteiger partial charge in [0.2, 0.25) is 10.0 Å². The maximum atomic E-state index is 12.6. The topological polar surface area (TPSA) is 75.7 Å². The Kier molecular flexibility index (Phi) is 6.05. The molecular weight excluding hydrogens is 364 g/mol. The molecule has 0 atom stereocenters. The molecule has 0 radical (unpaired) electrons. The predicted octanol–water partition coefficient (Wildman–Crippen LogP) is 2.75. The number of hydrogen-bond donors (Lipinski definition) is 1. The number of amides is 1. The number of carbonyl (C=O) groups is 1. The van der Waals surface area contributed by atoms with Crippen molar-refractivity contribution in [3.63, 3.8) is 0 Å². The molecule has 0 aromatic heterocycles. The molecule has 0 aliphatic carbocycles. The van der Waals surface area contributed by atoms with E-state index in [0.29, 0.717) is 37.6 Å². The summed E-state index contributed by atoms with van der Waals surface area (Å²) in [6, 6.07) is 15.8. The first kappa shape index (κ1) is 19.3. The van der Waals surface area contributed by atoms with E-state index in [1.807, 2.05) is 30.3 Å². The highest BCUT2D eigenvalue weighted by Crippen LogP contribution is 2.20. The number of nitrogens with zero attached hydrogens (tertiary/aromatic N) is 1. The van der Waals surface area contributed by atoms with Gasteiger partial charge in [0.1, 0.15) is 0 Å². The van der Waals surface area contributed by atoms with Crippen molar-refractivity contribution in [2.24, 2.45) is 0 Å². The zero-order valence-electron chi connectivity index (χ0n) is 15.1. The van der Waals surface area contributed by atoms with Crippen molar-refractivity contribution in [3.05, 3.63) is 65.7 Å².